The molecule has 0 aliphatic carbocycles. The molecule has 1 fully saturated rings. The molecule has 3 rings (SSSR count). The average Bonchev–Trinajstić information content (AvgIpc) is 2.97. The van der Waals surface area contributed by atoms with Gasteiger partial charge < -0.3 is 10.1 Å². The van der Waals surface area contributed by atoms with E-state index in [0.717, 1.165) is 22.2 Å². The monoisotopic (exact) mass is 361 g/mol. The highest BCUT2D eigenvalue weighted by Crippen LogP contribution is 2.25. The van der Waals surface area contributed by atoms with Crippen molar-refractivity contribution in [1.82, 2.24) is 15.5 Å². The number of ether oxygens (including phenoxy) is 1. The molecule has 7 heteroatoms. The van der Waals surface area contributed by atoms with Crippen molar-refractivity contribution < 1.29 is 14.3 Å². The third kappa shape index (κ3) is 4.54. The minimum Gasteiger partial charge on any atom is -0.444 e. The number of aromatic nitrogens is 2. The lowest BCUT2D eigenvalue weighted by atomic mass is 9.92. The van der Waals surface area contributed by atoms with Gasteiger partial charge in [-0.05, 0) is 44.9 Å². The van der Waals surface area contributed by atoms with Gasteiger partial charge in [-0.2, -0.15) is 16.9 Å². The Morgan fingerprint density at radius 3 is 2.96 bits per heavy atom. The molecule has 0 saturated carbocycles. The van der Waals surface area contributed by atoms with E-state index in [1.165, 1.54) is 0 Å². The number of rotatable bonds is 3. The van der Waals surface area contributed by atoms with Gasteiger partial charge in [-0.25, -0.2) is 4.79 Å². The van der Waals surface area contributed by atoms with E-state index in [2.05, 4.69) is 21.6 Å². The number of H-pyrrole nitrogens is 1. The number of ketones is 1. The normalized spacial score (nSPS) is 21.3. The van der Waals surface area contributed by atoms with E-state index in [4.69, 9.17) is 4.74 Å². The highest BCUT2D eigenvalue weighted by Gasteiger charge is 2.33. The Morgan fingerprint density at radius 2 is 2.20 bits per heavy atom. The number of thioether (sulfide) groups is 1. The van der Waals surface area contributed by atoms with E-state index in [1.54, 1.807) is 38.7 Å². The standard InChI is InChI=1S/C18H23N3O3S/c1-18(2,3)24-17(23)20-15-10-25-9-13(16(15)22)7-11-4-5-14-12(6-11)8-19-21-14/h4-6,8,13,15H,7,9-10H2,1-3H3,(H,19,21)(H,20,23)/t13-,15+/m1/s1. The van der Waals surface area contributed by atoms with Crippen LogP contribution >= 0.6 is 11.8 Å². The van der Waals surface area contributed by atoms with Crippen LogP contribution < -0.4 is 5.32 Å². The third-order valence-electron chi connectivity index (χ3n) is 4.03. The fraction of sp³-hybridized carbons (Fsp3) is 0.500. The topological polar surface area (TPSA) is 84.1 Å². The maximum Gasteiger partial charge on any atom is 0.408 e. The summed E-state index contributed by atoms with van der Waals surface area (Å²) in [5.74, 6) is 1.34. The van der Waals surface area contributed by atoms with Crippen molar-refractivity contribution in [3.8, 4) is 0 Å². The number of nitrogens with one attached hydrogen (secondary N) is 2. The summed E-state index contributed by atoms with van der Waals surface area (Å²) in [5, 5.41) is 10.7. The van der Waals surface area contributed by atoms with E-state index in [1.807, 2.05) is 12.1 Å². The summed E-state index contributed by atoms with van der Waals surface area (Å²) in [5.41, 5.74) is 1.51. The van der Waals surface area contributed by atoms with Crippen LogP contribution in [0.3, 0.4) is 0 Å². The van der Waals surface area contributed by atoms with Crippen molar-refractivity contribution in [2.24, 2.45) is 5.92 Å². The highest BCUT2D eigenvalue weighted by atomic mass is 32.2. The molecule has 1 aromatic carbocycles. The van der Waals surface area contributed by atoms with Gasteiger partial charge in [-0.1, -0.05) is 6.07 Å². The molecule has 1 amide bonds. The summed E-state index contributed by atoms with van der Waals surface area (Å²) in [6, 6.07) is 5.57. The number of carbonyl (C=O) groups is 2. The molecule has 1 saturated heterocycles. The summed E-state index contributed by atoms with van der Waals surface area (Å²) in [6.45, 7) is 5.41. The first kappa shape index (κ1) is 17.8. The molecule has 2 heterocycles. The fourth-order valence-electron chi connectivity index (χ4n) is 2.90. The zero-order valence-corrected chi connectivity index (χ0v) is 15.5. The number of Topliss-reactive ketones (excluding diaryl/α,β-unsaturated/α-hetero) is 1. The van der Waals surface area contributed by atoms with Gasteiger partial charge in [0.25, 0.3) is 0 Å². The Hall–Kier alpha value is -2.02. The number of alkyl carbamates (subject to hydrolysis) is 1. The van der Waals surface area contributed by atoms with Gasteiger partial charge >= 0.3 is 6.09 Å². The van der Waals surface area contributed by atoms with Crippen LogP contribution in [0.1, 0.15) is 26.3 Å². The lowest BCUT2D eigenvalue weighted by Gasteiger charge is -2.29. The number of carbonyl (C=O) groups excluding carboxylic acids is 2. The van der Waals surface area contributed by atoms with Gasteiger partial charge in [-0.15, -0.1) is 0 Å². The minimum atomic E-state index is -0.575. The van der Waals surface area contributed by atoms with Gasteiger partial charge in [0.15, 0.2) is 5.78 Å². The maximum atomic E-state index is 12.7. The van der Waals surface area contributed by atoms with Crippen molar-refractivity contribution in [1.29, 1.82) is 0 Å². The first-order valence-corrected chi connectivity index (χ1v) is 9.50. The van der Waals surface area contributed by atoms with E-state index in [0.29, 0.717) is 12.2 Å². The van der Waals surface area contributed by atoms with Crippen molar-refractivity contribution in [3.63, 3.8) is 0 Å². The van der Waals surface area contributed by atoms with Crippen LogP contribution in [-0.2, 0) is 16.0 Å². The summed E-state index contributed by atoms with van der Waals surface area (Å²) >= 11 is 1.69. The van der Waals surface area contributed by atoms with Gasteiger partial charge in [0.1, 0.15) is 11.6 Å². The molecule has 2 aromatic rings. The predicted octanol–water partition coefficient (Wildman–Crippen LogP) is 2.93. The molecule has 6 nitrogen and oxygen atoms in total. The molecule has 2 N–H and O–H groups in total. The molecular weight excluding hydrogens is 338 g/mol. The van der Waals surface area contributed by atoms with Crippen LogP contribution in [0.25, 0.3) is 10.9 Å². The summed E-state index contributed by atoms with van der Waals surface area (Å²) in [7, 11) is 0. The van der Waals surface area contributed by atoms with Crippen molar-refractivity contribution in [3.05, 3.63) is 30.0 Å². The molecule has 0 spiro atoms. The number of fused-ring (bicyclic) bond motifs is 1. The molecule has 1 aromatic heterocycles. The number of hydrogen-bond acceptors (Lipinski definition) is 5. The van der Waals surface area contributed by atoms with Gasteiger partial charge in [0.05, 0.1) is 11.7 Å². The molecule has 1 aliphatic heterocycles. The summed E-state index contributed by atoms with van der Waals surface area (Å²) < 4.78 is 5.26. The number of amides is 1. The number of nitrogens with zero attached hydrogens (tertiary/aromatic N) is 1. The largest absolute Gasteiger partial charge is 0.444 e. The van der Waals surface area contributed by atoms with Crippen LogP contribution in [0.5, 0.6) is 0 Å². The van der Waals surface area contributed by atoms with Crippen LogP contribution in [0.4, 0.5) is 4.79 Å². The number of benzene rings is 1. The quantitative estimate of drug-likeness (QED) is 0.878. The zero-order chi connectivity index (χ0) is 18.0. The van der Waals surface area contributed by atoms with Crippen LogP contribution in [0, 0.1) is 5.92 Å². The van der Waals surface area contributed by atoms with Crippen LogP contribution in [-0.4, -0.2) is 45.2 Å². The Morgan fingerprint density at radius 1 is 1.40 bits per heavy atom. The van der Waals surface area contributed by atoms with E-state index in [9.17, 15) is 9.59 Å². The summed E-state index contributed by atoms with van der Waals surface area (Å²) in [6.07, 6.45) is 1.91. The van der Waals surface area contributed by atoms with Crippen LogP contribution in [0.15, 0.2) is 24.4 Å². The predicted molar refractivity (Wildman–Crippen MR) is 98.8 cm³/mol. The SMILES string of the molecule is CC(C)(C)OC(=O)N[C@H]1CSC[C@@H](Cc2ccc3[nH]ncc3c2)C1=O. The van der Waals surface area contributed by atoms with Crippen molar-refractivity contribution in [2.45, 2.75) is 38.8 Å². The van der Waals surface area contributed by atoms with Gasteiger partial charge in [0, 0.05) is 22.8 Å². The smallest absolute Gasteiger partial charge is 0.408 e. The first-order chi connectivity index (χ1) is 11.8. The van der Waals surface area contributed by atoms with Crippen molar-refractivity contribution >= 4 is 34.5 Å². The molecule has 0 unspecified atom stereocenters. The van der Waals surface area contributed by atoms with Gasteiger partial charge in [-0.3, -0.25) is 9.89 Å². The fourth-order valence-corrected chi connectivity index (χ4v) is 4.09. The Bertz CT molecular complexity index is 781. The second-order valence-electron chi connectivity index (χ2n) is 7.33. The molecule has 0 radical (unpaired) electrons. The highest BCUT2D eigenvalue weighted by molar-refractivity contribution is 7.99. The summed E-state index contributed by atoms with van der Waals surface area (Å²) in [4.78, 5) is 24.7. The zero-order valence-electron chi connectivity index (χ0n) is 14.7. The minimum absolute atomic E-state index is 0.0805. The second-order valence-corrected chi connectivity index (χ2v) is 8.41. The average molecular weight is 361 g/mol. The Kier molecular flexibility index (Phi) is 5.03. The van der Waals surface area contributed by atoms with Crippen LogP contribution in [0.2, 0.25) is 0 Å². The second kappa shape index (κ2) is 7.07. The lowest BCUT2D eigenvalue weighted by molar-refractivity contribution is -0.124. The Labute approximate surface area is 151 Å². The molecule has 134 valence electrons. The lowest BCUT2D eigenvalue weighted by Crippen LogP contribution is -2.50. The van der Waals surface area contributed by atoms with E-state index in [-0.39, 0.29) is 11.7 Å². The van der Waals surface area contributed by atoms with Gasteiger partial charge in [0.2, 0.25) is 0 Å². The van der Waals surface area contributed by atoms with E-state index < -0.39 is 17.7 Å². The third-order valence-corrected chi connectivity index (χ3v) is 5.23. The van der Waals surface area contributed by atoms with Crippen molar-refractivity contribution in [2.75, 3.05) is 11.5 Å². The Balaban J connectivity index is 1.64. The molecule has 1 aliphatic rings. The molecule has 0 bridgehead atoms. The molecular formula is C18H23N3O3S. The number of aromatic amines is 1. The molecule has 2 atom stereocenters. The number of hydrogen-bond donors (Lipinski definition) is 2. The van der Waals surface area contributed by atoms with E-state index >= 15 is 0 Å². The molecule has 25 heavy (non-hydrogen) atoms. The maximum absolute atomic E-state index is 12.7. The first-order valence-electron chi connectivity index (χ1n) is 8.35.